The van der Waals surface area contributed by atoms with E-state index < -0.39 is 6.10 Å². The predicted octanol–water partition coefficient (Wildman–Crippen LogP) is 0.265. The van der Waals surface area contributed by atoms with Gasteiger partial charge in [-0.15, -0.1) is 10.2 Å². The second-order valence-electron chi connectivity index (χ2n) is 4.08. The molecule has 1 unspecified atom stereocenters. The summed E-state index contributed by atoms with van der Waals surface area (Å²) in [4.78, 5) is 11.2. The molecule has 1 rings (SSSR count). The van der Waals surface area contributed by atoms with Gasteiger partial charge in [0.25, 0.3) is 5.91 Å². The summed E-state index contributed by atoms with van der Waals surface area (Å²) in [6.07, 6.45) is -0.435. The SMILES string of the molecule is CNC(=O)c1ccc(NCC(O)C(C)C)nn1. The van der Waals surface area contributed by atoms with Gasteiger partial charge >= 0.3 is 0 Å². The van der Waals surface area contributed by atoms with Gasteiger partial charge in [-0.2, -0.15) is 0 Å². The molecule has 17 heavy (non-hydrogen) atoms. The van der Waals surface area contributed by atoms with Gasteiger partial charge in [0, 0.05) is 13.6 Å². The molecule has 3 N–H and O–H groups in total. The normalized spacial score (nSPS) is 12.3. The summed E-state index contributed by atoms with van der Waals surface area (Å²) in [7, 11) is 1.54. The zero-order valence-corrected chi connectivity index (χ0v) is 10.3. The number of aliphatic hydroxyl groups is 1. The standard InChI is InChI=1S/C11H18N4O2/c1-7(2)9(16)6-13-10-5-4-8(14-15-10)11(17)12-3/h4-5,7,9,16H,6H2,1-3H3,(H,12,17)(H,13,15). The van der Waals surface area contributed by atoms with Crippen LogP contribution in [0.25, 0.3) is 0 Å². The molecule has 6 nitrogen and oxygen atoms in total. The highest BCUT2D eigenvalue weighted by Crippen LogP contribution is 2.05. The molecule has 0 aromatic carbocycles. The highest BCUT2D eigenvalue weighted by Gasteiger charge is 2.09. The molecule has 0 radical (unpaired) electrons. The third-order valence-corrected chi connectivity index (χ3v) is 2.39. The molecule has 0 saturated carbocycles. The lowest BCUT2D eigenvalue weighted by atomic mass is 10.1. The zero-order chi connectivity index (χ0) is 12.8. The lowest BCUT2D eigenvalue weighted by molar-refractivity contribution is 0.0957. The minimum Gasteiger partial charge on any atom is -0.391 e. The van der Waals surface area contributed by atoms with Crippen molar-refractivity contribution in [3.05, 3.63) is 17.8 Å². The minimum absolute atomic E-state index is 0.181. The van der Waals surface area contributed by atoms with E-state index in [9.17, 15) is 9.90 Å². The van der Waals surface area contributed by atoms with Crippen molar-refractivity contribution in [3.63, 3.8) is 0 Å². The summed E-state index contributed by atoms with van der Waals surface area (Å²) < 4.78 is 0. The van der Waals surface area contributed by atoms with Gasteiger partial charge in [0.1, 0.15) is 5.82 Å². The van der Waals surface area contributed by atoms with Crippen molar-refractivity contribution in [1.82, 2.24) is 15.5 Å². The number of nitrogens with zero attached hydrogens (tertiary/aromatic N) is 2. The molecule has 0 bridgehead atoms. The molecule has 94 valence electrons. The Kier molecular flexibility index (Phi) is 4.84. The van der Waals surface area contributed by atoms with Crippen LogP contribution in [0.15, 0.2) is 12.1 Å². The van der Waals surface area contributed by atoms with Gasteiger partial charge in [-0.1, -0.05) is 13.8 Å². The number of hydrogen-bond donors (Lipinski definition) is 3. The first kappa shape index (κ1) is 13.4. The van der Waals surface area contributed by atoms with Gasteiger partial charge in [-0.3, -0.25) is 4.79 Å². The maximum absolute atomic E-state index is 11.2. The van der Waals surface area contributed by atoms with E-state index in [0.29, 0.717) is 12.4 Å². The third-order valence-electron chi connectivity index (χ3n) is 2.39. The fourth-order valence-electron chi connectivity index (χ4n) is 1.12. The topological polar surface area (TPSA) is 87.1 Å². The smallest absolute Gasteiger partial charge is 0.271 e. The summed E-state index contributed by atoms with van der Waals surface area (Å²) >= 11 is 0. The molecular weight excluding hydrogens is 220 g/mol. The Balaban J connectivity index is 2.54. The number of carbonyl (C=O) groups excluding carboxylic acids is 1. The molecule has 1 atom stereocenters. The van der Waals surface area contributed by atoms with Crippen LogP contribution in [-0.4, -0.2) is 40.9 Å². The number of rotatable bonds is 5. The number of amides is 1. The summed E-state index contributed by atoms with van der Waals surface area (Å²) in [6.45, 7) is 4.28. The molecule has 1 aromatic rings. The van der Waals surface area contributed by atoms with Crippen molar-refractivity contribution >= 4 is 11.7 Å². The number of nitrogens with one attached hydrogen (secondary N) is 2. The lowest BCUT2D eigenvalue weighted by Crippen LogP contribution is -2.25. The number of carbonyl (C=O) groups is 1. The quantitative estimate of drug-likeness (QED) is 0.685. The zero-order valence-electron chi connectivity index (χ0n) is 10.3. The highest BCUT2D eigenvalue weighted by molar-refractivity contribution is 5.91. The van der Waals surface area contributed by atoms with Gasteiger partial charge < -0.3 is 15.7 Å². The van der Waals surface area contributed by atoms with Crippen molar-refractivity contribution in [2.24, 2.45) is 5.92 Å². The Morgan fingerprint density at radius 1 is 1.41 bits per heavy atom. The molecule has 0 aliphatic heterocycles. The number of aromatic nitrogens is 2. The van der Waals surface area contributed by atoms with Crippen molar-refractivity contribution < 1.29 is 9.90 Å². The number of hydrogen-bond acceptors (Lipinski definition) is 5. The van der Waals surface area contributed by atoms with Crippen LogP contribution in [-0.2, 0) is 0 Å². The van der Waals surface area contributed by atoms with Crippen molar-refractivity contribution in [3.8, 4) is 0 Å². The average molecular weight is 238 g/mol. The molecule has 1 heterocycles. The average Bonchev–Trinajstić information content (AvgIpc) is 2.35. The van der Waals surface area contributed by atoms with Crippen molar-refractivity contribution in [2.75, 3.05) is 18.9 Å². The molecular formula is C11H18N4O2. The minimum atomic E-state index is -0.435. The van der Waals surface area contributed by atoms with Crippen LogP contribution in [0.5, 0.6) is 0 Å². The van der Waals surface area contributed by atoms with Crippen LogP contribution in [0, 0.1) is 5.92 Å². The van der Waals surface area contributed by atoms with E-state index >= 15 is 0 Å². The Morgan fingerprint density at radius 2 is 2.12 bits per heavy atom. The van der Waals surface area contributed by atoms with Crippen LogP contribution < -0.4 is 10.6 Å². The van der Waals surface area contributed by atoms with Gasteiger partial charge in [0.2, 0.25) is 0 Å². The number of anilines is 1. The Morgan fingerprint density at radius 3 is 2.59 bits per heavy atom. The predicted molar refractivity (Wildman–Crippen MR) is 64.8 cm³/mol. The molecule has 0 saturated heterocycles. The Labute approximate surface area is 100 Å². The van der Waals surface area contributed by atoms with Crippen LogP contribution >= 0.6 is 0 Å². The number of aliphatic hydroxyl groups excluding tert-OH is 1. The molecule has 0 aliphatic carbocycles. The van der Waals surface area contributed by atoms with E-state index in [0.717, 1.165) is 0 Å². The Hall–Kier alpha value is -1.69. The molecule has 1 amide bonds. The molecule has 0 fully saturated rings. The maximum Gasteiger partial charge on any atom is 0.271 e. The maximum atomic E-state index is 11.2. The van der Waals surface area contributed by atoms with E-state index in [1.54, 1.807) is 12.1 Å². The van der Waals surface area contributed by atoms with E-state index in [1.165, 1.54) is 7.05 Å². The summed E-state index contributed by atoms with van der Waals surface area (Å²) in [5, 5.41) is 22.6. The van der Waals surface area contributed by atoms with Crippen molar-refractivity contribution in [1.29, 1.82) is 0 Å². The monoisotopic (exact) mass is 238 g/mol. The summed E-state index contributed by atoms with van der Waals surface area (Å²) in [5.41, 5.74) is 0.266. The van der Waals surface area contributed by atoms with Gasteiger partial charge in [-0.25, -0.2) is 0 Å². The second-order valence-corrected chi connectivity index (χ2v) is 4.08. The molecule has 6 heteroatoms. The van der Waals surface area contributed by atoms with E-state index in [-0.39, 0.29) is 17.5 Å². The van der Waals surface area contributed by atoms with Gasteiger partial charge in [-0.05, 0) is 18.1 Å². The van der Waals surface area contributed by atoms with Crippen LogP contribution in [0.3, 0.4) is 0 Å². The molecule has 0 aliphatic rings. The first-order valence-electron chi connectivity index (χ1n) is 5.52. The summed E-state index contributed by atoms with van der Waals surface area (Å²) in [6, 6.07) is 3.24. The largest absolute Gasteiger partial charge is 0.391 e. The Bertz CT molecular complexity index is 364. The van der Waals surface area contributed by atoms with Gasteiger partial charge in [0.15, 0.2) is 5.69 Å². The van der Waals surface area contributed by atoms with E-state index in [1.807, 2.05) is 13.8 Å². The first-order valence-corrected chi connectivity index (χ1v) is 5.52. The van der Waals surface area contributed by atoms with Crippen LogP contribution in [0.2, 0.25) is 0 Å². The second kappa shape index (κ2) is 6.15. The lowest BCUT2D eigenvalue weighted by Gasteiger charge is -2.15. The first-order chi connectivity index (χ1) is 8.04. The van der Waals surface area contributed by atoms with Crippen LogP contribution in [0.4, 0.5) is 5.82 Å². The highest BCUT2D eigenvalue weighted by atomic mass is 16.3. The fourth-order valence-corrected chi connectivity index (χ4v) is 1.12. The van der Waals surface area contributed by atoms with Gasteiger partial charge in [0.05, 0.1) is 6.10 Å². The van der Waals surface area contributed by atoms with Crippen molar-refractivity contribution in [2.45, 2.75) is 20.0 Å². The summed E-state index contributed by atoms with van der Waals surface area (Å²) in [5.74, 6) is 0.448. The van der Waals surface area contributed by atoms with E-state index in [4.69, 9.17) is 0 Å². The molecule has 0 spiro atoms. The third kappa shape index (κ3) is 3.99. The molecule has 1 aromatic heterocycles. The fraction of sp³-hybridized carbons (Fsp3) is 0.545. The van der Waals surface area contributed by atoms with Crippen LogP contribution in [0.1, 0.15) is 24.3 Å². The van der Waals surface area contributed by atoms with E-state index in [2.05, 4.69) is 20.8 Å².